The van der Waals surface area contributed by atoms with E-state index >= 15 is 0 Å². The molecule has 1 N–H and O–H groups in total. The summed E-state index contributed by atoms with van der Waals surface area (Å²) in [5.74, 6) is 0. The Morgan fingerprint density at radius 1 is 1.17 bits per heavy atom. The Hall–Kier alpha value is -0.460. The van der Waals surface area contributed by atoms with Crippen LogP contribution in [0.1, 0.15) is 4.88 Å². The first kappa shape index (κ1) is 14.0. The lowest BCUT2D eigenvalue weighted by Crippen LogP contribution is -2.46. The molecule has 1 aromatic rings. The van der Waals surface area contributed by atoms with E-state index in [1.807, 2.05) is 11.3 Å². The van der Waals surface area contributed by atoms with E-state index in [1.54, 1.807) is 0 Å². The molecule has 1 aliphatic rings. The third-order valence-electron chi connectivity index (χ3n) is 3.21. The lowest BCUT2D eigenvalue weighted by Gasteiger charge is -2.34. The van der Waals surface area contributed by atoms with Crippen LogP contribution in [0.3, 0.4) is 0 Å². The molecule has 1 aliphatic heterocycles. The second kappa shape index (κ2) is 7.86. The predicted molar refractivity (Wildman–Crippen MR) is 73.9 cm³/mol. The van der Waals surface area contributed by atoms with Crippen LogP contribution in [0, 0.1) is 0 Å². The van der Waals surface area contributed by atoms with Crippen LogP contribution >= 0.6 is 11.3 Å². The number of ether oxygens (including phenoxy) is 1. The number of aliphatic hydroxyl groups is 1. The van der Waals surface area contributed by atoms with Gasteiger partial charge in [-0.1, -0.05) is 6.07 Å². The number of rotatable bonds is 7. The zero-order valence-electron chi connectivity index (χ0n) is 10.8. The van der Waals surface area contributed by atoms with Crippen molar-refractivity contribution in [3.63, 3.8) is 0 Å². The van der Waals surface area contributed by atoms with Crippen LogP contribution in [0.25, 0.3) is 0 Å². The van der Waals surface area contributed by atoms with E-state index in [0.717, 1.165) is 45.9 Å². The molecule has 0 unspecified atom stereocenters. The predicted octanol–water partition coefficient (Wildman–Crippen LogP) is 0.875. The SMILES string of the molecule is OCCOCCN1CCN(Cc2cccs2)CC1. The lowest BCUT2D eigenvalue weighted by atomic mass is 10.3. The topological polar surface area (TPSA) is 35.9 Å². The second-order valence-electron chi connectivity index (χ2n) is 4.53. The van der Waals surface area contributed by atoms with Gasteiger partial charge in [0.2, 0.25) is 0 Å². The van der Waals surface area contributed by atoms with E-state index in [4.69, 9.17) is 9.84 Å². The number of hydrogen-bond donors (Lipinski definition) is 1. The van der Waals surface area contributed by atoms with Gasteiger partial charge in [0.25, 0.3) is 0 Å². The molecule has 0 radical (unpaired) electrons. The molecule has 0 spiro atoms. The average Bonchev–Trinajstić information content (AvgIpc) is 2.89. The molecule has 2 rings (SSSR count). The van der Waals surface area contributed by atoms with Crippen molar-refractivity contribution in [2.75, 3.05) is 52.5 Å². The maximum Gasteiger partial charge on any atom is 0.0698 e. The summed E-state index contributed by atoms with van der Waals surface area (Å²) >= 11 is 1.84. The summed E-state index contributed by atoms with van der Waals surface area (Å²) in [6, 6.07) is 4.33. The van der Waals surface area contributed by atoms with Gasteiger partial charge in [0.15, 0.2) is 0 Å². The molecule has 4 nitrogen and oxygen atoms in total. The second-order valence-corrected chi connectivity index (χ2v) is 5.57. The van der Waals surface area contributed by atoms with Crippen LogP contribution in [0.4, 0.5) is 0 Å². The molecule has 0 aliphatic carbocycles. The summed E-state index contributed by atoms with van der Waals surface area (Å²) in [6.45, 7) is 7.88. The van der Waals surface area contributed by atoms with Crippen LogP contribution in [0.2, 0.25) is 0 Å². The summed E-state index contributed by atoms with van der Waals surface area (Å²) < 4.78 is 5.29. The van der Waals surface area contributed by atoms with Gasteiger partial charge in [0.1, 0.15) is 0 Å². The number of piperazine rings is 1. The number of hydrogen-bond acceptors (Lipinski definition) is 5. The van der Waals surface area contributed by atoms with Gasteiger partial charge in [-0.2, -0.15) is 0 Å². The van der Waals surface area contributed by atoms with Crippen LogP contribution in [0.15, 0.2) is 17.5 Å². The first-order valence-electron chi connectivity index (χ1n) is 6.54. The smallest absolute Gasteiger partial charge is 0.0698 e. The maximum absolute atomic E-state index is 8.62. The van der Waals surface area contributed by atoms with Crippen molar-refractivity contribution in [1.29, 1.82) is 0 Å². The van der Waals surface area contributed by atoms with Gasteiger partial charge >= 0.3 is 0 Å². The van der Waals surface area contributed by atoms with E-state index < -0.39 is 0 Å². The van der Waals surface area contributed by atoms with Crippen molar-refractivity contribution in [1.82, 2.24) is 9.80 Å². The Morgan fingerprint density at radius 3 is 2.61 bits per heavy atom. The fraction of sp³-hybridized carbons (Fsp3) is 0.692. The molecule has 0 amide bonds. The van der Waals surface area contributed by atoms with Gasteiger partial charge in [-0.25, -0.2) is 0 Å². The monoisotopic (exact) mass is 270 g/mol. The molecule has 0 aromatic carbocycles. The van der Waals surface area contributed by atoms with Crippen LogP contribution in [-0.4, -0.2) is 67.5 Å². The Balaban J connectivity index is 1.59. The molecule has 0 atom stereocenters. The largest absolute Gasteiger partial charge is 0.394 e. The van der Waals surface area contributed by atoms with E-state index in [0.29, 0.717) is 6.61 Å². The van der Waals surface area contributed by atoms with Crippen molar-refractivity contribution >= 4 is 11.3 Å². The summed E-state index contributed by atoms with van der Waals surface area (Å²) in [7, 11) is 0. The zero-order valence-corrected chi connectivity index (χ0v) is 11.6. The van der Waals surface area contributed by atoms with Gasteiger partial charge in [0, 0.05) is 44.1 Å². The number of aliphatic hydroxyl groups excluding tert-OH is 1. The third-order valence-corrected chi connectivity index (χ3v) is 4.07. The zero-order chi connectivity index (χ0) is 12.6. The van der Waals surface area contributed by atoms with Gasteiger partial charge in [0.05, 0.1) is 19.8 Å². The number of thiophene rings is 1. The van der Waals surface area contributed by atoms with Crippen molar-refractivity contribution in [3.8, 4) is 0 Å². The molecule has 18 heavy (non-hydrogen) atoms. The molecule has 0 bridgehead atoms. The minimum atomic E-state index is 0.120. The lowest BCUT2D eigenvalue weighted by molar-refractivity contribution is 0.0565. The van der Waals surface area contributed by atoms with E-state index in [-0.39, 0.29) is 6.61 Å². The summed E-state index contributed by atoms with van der Waals surface area (Å²) in [6.07, 6.45) is 0. The molecule has 1 fully saturated rings. The third kappa shape index (κ3) is 4.66. The molecule has 2 heterocycles. The Morgan fingerprint density at radius 2 is 1.94 bits per heavy atom. The molecule has 0 saturated carbocycles. The van der Waals surface area contributed by atoms with Crippen molar-refractivity contribution < 1.29 is 9.84 Å². The highest BCUT2D eigenvalue weighted by atomic mass is 32.1. The minimum Gasteiger partial charge on any atom is -0.394 e. The van der Waals surface area contributed by atoms with Gasteiger partial charge < -0.3 is 9.84 Å². The highest BCUT2D eigenvalue weighted by Crippen LogP contribution is 2.13. The van der Waals surface area contributed by atoms with Crippen molar-refractivity contribution in [3.05, 3.63) is 22.4 Å². The van der Waals surface area contributed by atoms with Crippen LogP contribution in [-0.2, 0) is 11.3 Å². The highest BCUT2D eigenvalue weighted by Gasteiger charge is 2.16. The summed E-state index contributed by atoms with van der Waals surface area (Å²) in [5.41, 5.74) is 0. The quantitative estimate of drug-likeness (QED) is 0.746. The van der Waals surface area contributed by atoms with Crippen molar-refractivity contribution in [2.45, 2.75) is 6.54 Å². The Labute approximate surface area is 113 Å². The highest BCUT2D eigenvalue weighted by molar-refractivity contribution is 7.09. The molecular weight excluding hydrogens is 248 g/mol. The van der Waals surface area contributed by atoms with Crippen molar-refractivity contribution in [2.24, 2.45) is 0 Å². The minimum absolute atomic E-state index is 0.120. The van der Waals surface area contributed by atoms with Gasteiger partial charge in [-0.3, -0.25) is 9.80 Å². The molecule has 102 valence electrons. The fourth-order valence-electron chi connectivity index (χ4n) is 2.15. The summed E-state index contributed by atoms with van der Waals surface area (Å²) in [4.78, 5) is 6.40. The van der Waals surface area contributed by atoms with Crippen LogP contribution < -0.4 is 0 Å². The molecule has 1 aromatic heterocycles. The standard InChI is InChI=1S/C13H22N2O2S/c16-8-10-17-9-7-14-3-5-15(6-4-14)12-13-2-1-11-18-13/h1-2,11,16H,3-10,12H2. The Bertz CT molecular complexity index is 311. The van der Waals surface area contributed by atoms with E-state index in [2.05, 4.69) is 27.3 Å². The Kier molecular flexibility index (Phi) is 6.10. The van der Waals surface area contributed by atoms with E-state index in [9.17, 15) is 0 Å². The molecular formula is C13H22N2O2S. The maximum atomic E-state index is 8.62. The van der Waals surface area contributed by atoms with Gasteiger partial charge in [-0.05, 0) is 11.4 Å². The van der Waals surface area contributed by atoms with E-state index in [1.165, 1.54) is 4.88 Å². The normalized spacial score (nSPS) is 18.3. The first-order chi connectivity index (χ1) is 8.88. The fourth-order valence-corrected chi connectivity index (χ4v) is 2.90. The molecule has 1 saturated heterocycles. The first-order valence-corrected chi connectivity index (χ1v) is 7.42. The average molecular weight is 270 g/mol. The van der Waals surface area contributed by atoms with Gasteiger partial charge in [-0.15, -0.1) is 11.3 Å². The summed E-state index contributed by atoms with van der Waals surface area (Å²) in [5, 5.41) is 10.8. The van der Waals surface area contributed by atoms with Crippen LogP contribution in [0.5, 0.6) is 0 Å². The molecule has 5 heteroatoms. The number of nitrogens with zero attached hydrogens (tertiary/aromatic N) is 2.